The standard InChI is InChI=1S/C21H20N2O4/c1-25-17-10-11-19(26-2)16(12-17)13-22-23-21(24)14-27-20-9-5-7-15-6-3-4-8-18(15)20/h3-13H,14H2,1-2H3,(H,23,24). The van der Waals surface area contributed by atoms with Crippen LogP contribution in [0.1, 0.15) is 5.56 Å². The average molecular weight is 364 g/mol. The molecule has 0 radical (unpaired) electrons. The maximum Gasteiger partial charge on any atom is 0.277 e. The van der Waals surface area contributed by atoms with Gasteiger partial charge in [-0.2, -0.15) is 5.10 Å². The Labute approximate surface area is 157 Å². The van der Waals surface area contributed by atoms with Gasteiger partial charge in [0.25, 0.3) is 5.91 Å². The molecule has 0 unspecified atom stereocenters. The van der Waals surface area contributed by atoms with E-state index in [0.29, 0.717) is 22.8 Å². The number of carbonyl (C=O) groups is 1. The lowest BCUT2D eigenvalue weighted by atomic mass is 10.1. The van der Waals surface area contributed by atoms with E-state index in [9.17, 15) is 4.79 Å². The van der Waals surface area contributed by atoms with Gasteiger partial charge in [-0.1, -0.05) is 36.4 Å². The van der Waals surface area contributed by atoms with E-state index in [1.165, 1.54) is 6.21 Å². The van der Waals surface area contributed by atoms with Gasteiger partial charge in [-0.25, -0.2) is 5.43 Å². The van der Waals surface area contributed by atoms with Gasteiger partial charge in [0.1, 0.15) is 17.2 Å². The molecular weight excluding hydrogens is 344 g/mol. The Kier molecular flexibility index (Phi) is 5.89. The monoisotopic (exact) mass is 364 g/mol. The zero-order chi connectivity index (χ0) is 19.1. The van der Waals surface area contributed by atoms with Crippen LogP contribution < -0.4 is 19.6 Å². The summed E-state index contributed by atoms with van der Waals surface area (Å²) in [6, 6.07) is 18.9. The molecule has 1 N–H and O–H groups in total. The minimum Gasteiger partial charge on any atom is -0.497 e. The number of nitrogens with zero attached hydrogens (tertiary/aromatic N) is 1. The summed E-state index contributed by atoms with van der Waals surface area (Å²) in [7, 11) is 3.14. The first kappa shape index (κ1) is 18.3. The third-order valence-corrected chi connectivity index (χ3v) is 3.94. The predicted molar refractivity (Wildman–Crippen MR) is 105 cm³/mol. The first-order valence-electron chi connectivity index (χ1n) is 8.36. The normalized spacial score (nSPS) is 10.7. The highest BCUT2D eigenvalue weighted by Gasteiger charge is 2.06. The van der Waals surface area contributed by atoms with Crippen LogP contribution in [0.5, 0.6) is 17.2 Å². The van der Waals surface area contributed by atoms with Crippen LogP contribution >= 0.6 is 0 Å². The predicted octanol–water partition coefficient (Wildman–Crippen LogP) is 3.39. The van der Waals surface area contributed by atoms with E-state index < -0.39 is 0 Å². The van der Waals surface area contributed by atoms with E-state index >= 15 is 0 Å². The topological polar surface area (TPSA) is 69.2 Å². The maximum absolute atomic E-state index is 12.0. The second kappa shape index (κ2) is 8.71. The molecule has 6 nitrogen and oxygen atoms in total. The van der Waals surface area contributed by atoms with Crippen molar-refractivity contribution < 1.29 is 19.0 Å². The Hall–Kier alpha value is -3.54. The van der Waals surface area contributed by atoms with Crippen LogP contribution in [-0.2, 0) is 4.79 Å². The molecule has 0 bridgehead atoms. The number of fused-ring (bicyclic) bond motifs is 1. The first-order chi connectivity index (χ1) is 13.2. The number of hydrogen-bond acceptors (Lipinski definition) is 5. The molecule has 27 heavy (non-hydrogen) atoms. The van der Waals surface area contributed by atoms with Crippen LogP contribution in [0, 0.1) is 0 Å². The maximum atomic E-state index is 12.0. The number of nitrogens with one attached hydrogen (secondary N) is 1. The van der Waals surface area contributed by atoms with Gasteiger partial charge in [0.2, 0.25) is 0 Å². The van der Waals surface area contributed by atoms with Gasteiger partial charge < -0.3 is 14.2 Å². The molecule has 0 aliphatic carbocycles. The van der Waals surface area contributed by atoms with Crippen LogP contribution in [0.4, 0.5) is 0 Å². The Morgan fingerprint density at radius 2 is 1.81 bits per heavy atom. The Morgan fingerprint density at radius 3 is 2.63 bits per heavy atom. The van der Waals surface area contributed by atoms with Gasteiger partial charge in [-0.3, -0.25) is 4.79 Å². The molecule has 0 aromatic heterocycles. The number of amides is 1. The molecule has 0 spiro atoms. The summed E-state index contributed by atoms with van der Waals surface area (Å²) in [5.41, 5.74) is 3.13. The van der Waals surface area contributed by atoms with Crippen molar-refractivity contribution in [2.24, 2.45) is 5.10 Å². The molecule has 0 saturated heterocycles. The molecule has 138 valence electrons. The highest BCUT2D eigenvalue weighted by Crippen LogP contribution is 2.25. The van der Waals surface area contributed by atoms with E-state index in [2.05, 4.69) is 10.5 Å². The SMILES string of the molecule is COc1ccc(OC)c(C=NNC(=O)COc2cccc3ccccc23)c1. The largest absolute Gasteiger partial charge is 0.497 e. The van der Waals surface area contributed by atoms with Crippen molar-refractivity contribution >= 4 is 22.9 Å². The average Bonchev–Trinajstić information content (AvgIpc) is 2.72. The van der Waals surface area contributed by atoms with Crippen molar-refractivity contribution in [3.8, 4) is 17.2 Å². The summed E-state index contributed by atoms with van der Waals surface area (Å²) >= 11 is 0. The fourth-order valence-electron chi connectivity index (χ4n) is 2.61. The molecule has 1 amide bonds. The van der Waals surface area contributed by atoms with Crippen molar-refractivity contribution in [1.82, 2.24) is 5.43 Å². The zero-order valence-electron chi connectivity index (χ0n) is 15.1. The molecule has 0 fully saturated rings. The number of hydrogen-bond donors (Lipinski definition) is 1. The smallest absolute Gasteiger partial charge is 0.277 e. The van der Waals surface area contributed by atoms with Gasteiger partial charge in [-0.05, 0) is 29.7 Å². The first-order valence-corrected chi connectivity index (χ1v) is 8.36. The highest BCUT2D eigenvalue weighted by molar-refractivity contribution is 5.89. The second-order valence-corrected chi connectivity index (χ2v) is 5.67. The summed E-state index contributed by atoms with van der Waals surface area (Å²) in [6.07, 6.45) is 1.50. The van der Waals surface area contributed by atoms with Crippen LogP contribution in [0.3, 0.4) is 0 Å². The molecule has 3 rings (SSSR count). The van der Waals surface area contributed by atoms with Gasteiger partial charge in [0, 0.05) is 10.9 Å². The van der Waals surface area contributed by atoms with Gasteiger partial charge in [0.15, 0.2) is 6.61 Å². The van der Waals surface area contributed by atoms with Crippen molar-refractivity contribution in [3.05, 3.63) is 66.2 Å². The molecule has 0 heterocycles. The fourth-order valence-corrected chi connectivity index (χ4v) is 2.61. The van der Waals surface area contributed by atoms with Gasteiger partial charge >= 0.3 is 0 Å². The van der Waals surface area contributed by atoms with Gasteiger partial charge in [0.05, 0.1) is 20.4 Å². The van der Waals surface area contributed by atoms with Crippen LogP contribution in [0.2, 0.25) is 0 Å². The Bertz CT molecular complexity index is 964. The molecule has 3 aromatic carbocycles. The number of methoxy groups -OCH3 is 2. The minimum atomic E-state index is -0.360. The number of benzene rings is 3. The van der Waals surface area contributed by atoms with Crippen LogP contribution in [-0.4, -0.2) is 32.9 Å². The van der Waals surface area contributed by atoms with E-state index in [1.807, 2.05) is 42.5 Å². The minimum absolute atomic E-state index is 0.138. The molecule has 0 aliphatic heterocycles. The summed E-state index contributed by atoms with van der Waals surface area (Å²) < 4.78 is 16.1. The lowest BCUT2D eigenvalue weighted by Crippen LogP contribution is -2.24. The highest BCUT2D eigenvalue weighted by atomic mass is 16.5. The fraction of sp³-hybridized carbons (Fsp3) is 0.143. The van der Waals surface area contributed by atoms with Gasteiger partial charge in [-0.15, -0.1) is 0 Å². The summed E-state index contributed by atoms with van der Waals surface area (Å²) in [5.74, 6) is 1.59. The van der Waals surface area contributed by atoms with E-state index in [0.717, 1.165) is 10.8 Å². The van der Waals surface area contributed by atoms with Crippen molar-refractivity contribution in [2.75, 3.05) is 20.8 Å². The van der Waals surface area contributed by atoms with E-state index in [1.54, 1.807) is 32.4 Å². The third kappa shape index (κ3) is 4.55. The summed E-state index contributed by atoms with van der Waals surface area (Å²) in [5, 5.41) is 5.97. The van der Waals surface area contributed by atoms with Crippen molar-refractivity contribution in [1.29, 1.82) is 0 Å². The quantitative estimate of drug-likeness (QED) is 0.515. The number of rotatable bonds is 7. The van der Waals surface area contributed by atoms with Crippen molar-refractivity contribution in [3.63, 3.8) is 0 Å². The third-order valence-electron chi connectivity index (χ3n) is 3.94. The number of ether oxygens (including phenoxy) is 3. The van der Waals surface area contributed by atoms with Crippen molar-refractivity contribution in [2.45, 2.75) is 0 Å². The molecule has 0 atom stereocenters. The zero-order valence-corrected chi connectivity index (χ0v) is 15.1. The molecular formula is C21H20N2O4. The van der Waals surface area contributed by atoms with Crippen LogP contribution in [0.25, 0.3) is 10.8 Å². The number of hydrazone groups is 1. The lowest BCUT2D eigenvalue weighted by Gasteiger charge is -2.08. The molecule has 0 saturated carbocycles. The van der Waals surface area contributed by atoms with E-state index in [-0.39, 0.29) is 12.5 Å². The second-order valence-electron chi connectivity index (χ2n) is 5.67. The summed E-state index contributed by atoms with van der Waals surface area (Å²) in [6.45, 7) is -0.138. The molecule has 6 heteroatoms. The molecule has 0 aliphatic rings. The molecule has 3 aromatic rings. The summed E-state index contributed by atoms with van der Waals surface area (Å²) in [4.78, 5) is 12.0. The Morgan fingerprint density at radius 1 is 1.00 bits per heavy atom. The lowest BCUT2D eigenvalue weighted by molar-refractivity contribution is -0.123. The number of carbonyl (C=O) groups excluding carboxylic acids is 1. The van der Waals surface area contributed by atoms with Crippen LogP contribution in [0.15, 0.2) is 65.8 Å². The Balaban J connectivity index is 1.61. The van der Waals surface area contributed by atoms with E-state index in [4.69, 9.17) is 14.2 Å².